The van der Waals surface area contributed by atoms with Crippen molar-refractivity contribution < 1.29 is 54.0 Å². The summed E-state index contributed by atoms with van der Waals surface area (Å²) in [5, 5.41) is 38.9. The van der Waals surface area contributed by atoms with Gasteiger partial charge in [-0.2, -0.15) is 5.48 Å². The van der Waals surface area contributed by atoms with E-state index in [9.17, 15) is 28.8 Å². The fraction of sp³-hybridized carbons (Fsp3) is 0.478. The molecule has 1 aromatic carbocycles. The zero-order valence-corrected chi connectivity index (χ0v) is 21.7. The molecule has 0 heterocycles. The molecule has 40 heavy (non-hydrogen) atoms. The number of aliphatic carboxylic acids is 4. The van der Waals surface area contributed by atoms with Crippen molar-refractivity contribution in [3.05, 3.63) is 29.8 Å². The number of hydrogen-bond acceptors (Lipinski definition) is 11. The molecule has 0 fully saturated rings. The van der Waals surface area contributed by atoms with Crippen molar-refractivity contribution in [2.24, 2.45) is 5.73 Å². The molecule has 0 radical (unpaired) electrons. The highest BCUT2D eigenvalue weighted by Gasteiger charge is 2.19. The first kappa shape index (κ1) is 33.7. The zero-order valence-electron chi connectivity index (χ0n) is 21.7. The van der Waals surface area contributed by atoms with Crippen molar-refractivity contribution in [3.63, 3.8) is 0 Å². The van der Waals surface area contributed by atoms with Gasteiger partial charge in [-0.25, -0.2) is 0 Å². The molecule has 222 valence electrons. The molecule has 0 aliphatic rings. The third-order valence-corrected chi connectivity index (χ3v) is 5.15. The van der Waals surface area contributed by atoms with Crippen LogP contribution in [0.1, 0.15) is 5.56 Å². The molecular weight excluding hydrogens is 536 g/mol. The molecule has 17 nitrogen and oxygen atoms in total. The van der Waals surface area contributed by atoms with Gasteiger partial charge in [0, 0.05) is 32.7 Å². The zero-order chi connectivity index (χ0) is 30.1. The monoisotopic (exact) mass is 570 g/mol. The number of nitrogens with zero attached hydrogens (tertiary/aromatic N) is 3. The Hall–Kier alpha value is -4.32. The lowest BCUT2D eigenvalue weighted by atomic mass is 10.2. The number of nitrogens with one attached hydrogen (secondary N) is 2. The summed E-state index contributed by atoms with van der Waals surface area (Å²) in [5.74, 6) is -5.57. The van der Waals surface area contributed by atoms with Gasteiger partial charge in [-0.1, -0.05) is 12.1 Å². The average Bonchev–Trinajstić information content (AvgIpc) is 2.86. The topological polar surface area (TPSA) is 252 Å². The minimum absolute atomic E-state index is 0.0358. The van der Waals surface area contributed by atoms with Gasteiger partial charge in [-0.15, -0.1) is 0 Å². The predicted molar refractivity (Wildman–Crippen MR) is 136 cm³/mol. The molecule has 0 aliphatic heterocycles. The average molecular weight is 571 g/mol. The Balaban J connectivity index is 2.81. The Bertz CT molecular complexity index is 949. The Morgan fingerprint density at radius 1 is 0.650 bits per heavy atom. The maximum Gasteiger partial charge on any atom is 0.317 e. The summed E-state index contributed by atoms with van der Waals surface area (Å²) in [6, 6.07) is 6.41. The van der Waals surface area contributed by atoms with Gasteiger partial charge in [0.1, 0.15) is 0 Å². The van der Waals surface area contributed by atoms with Crippen LogP contribution < -0.4 is 21.4 Å². The highest BCUT2D eigenvalue weighted by molar-refractivity contribution is 5.78. The quantitative estimate of drug-likeness (QED) is 0.0723. The molecular formula is C23H34N6O11. The minimum atomic E-state index is -1.24. The van der Waals surface area contributed by atoms with E-state index < -0.39 is 61.9 Å². The second-order valence-corrected chi connectivity index (χ2v) is 8.52. The van der Waals surface area contributed by atoms with Crippen LogP contribution in [0, 0.1) is 0 Å². The van der Waals surface area contributed by atoms with Gasteiger partial charge < -0.3 is 36.3 Å². The third kappa shape index (κ3) is 15.8. The van der Waals surface area contributed by atoms with E-state index in [2.05, 4.69) is 10.8 Å². The predicted octanol–water partition coefficient (Wildman–Crippen LogP) is -3.08. The number of benzene rings is 1. The Kier molecular flexibility index (Phi) is 15.2. The molecule has 8 N–H and O–H groups in total. The van der Waals surface area contributed by atoms with E-state index in [1.165, 1.54) is 0 Å². The van der Waals surface area contributed by atoms with Gasteiger partial charge in [0.15, 0.2) is 5.75 Å². The van der Waals surface area contributed by atoms with E-state index in [4.69, 9.17) is 31.0 Å². The number of rotatable bonds is 21. The van der Waals surface area contributed by atoms with E-state index in [1.54, 1.807) is 29.2 Å². The molecule has 17 heteroatoms. The summed E-state index contributed by atoms with van der Waals surface area (Å²) < 4.78 is 0. The van der Waals surface area contributed by atoms with Crippen LogP contribution in [0.2, 0.25) is 0 Å². The molecule has 0 saturated heterocycles. The lowest BCUT2D eigenvalue weighted by Gasteiger charge is -2.28. The summed E-state index contributed by atoms with van der Waals surface area (Å²) in [6.07, 6.45) is 0. The normalized spacial score (nSPS) is 10.9. The first-order chi connectivity index (χ1) is 18.9. The SMILES string of the molecule is NCC(=O)NOc1ccc(CNC(=O)CN(CCN(CC(=O)O)CC(=O)O)CCN(CC(=O)O)CC(=O)O)cc1. The van der Waals surface area contributed by atoms with Gasteiger partial charge in [0.05, 0.1) is 39.3 Å². The fourth-order valence-corrected chi connectivity index (χ4v) is 3.32. The summed E-state index contributed by atoms with van der Waals surface area (Å²) in [6.45, 7) is -2.51. The highest BCUT2D eigenvalue weighted by atomic mass is 16.7. The van der Waals surface area contributed by atoms with Crippen molar-refractivity contribution in [1.29, 1.82) is 0 Å². The summed E-state index contributed by atoms with van der Waals surface area (Å²) in [4.78, 5) is 77.1. The van der Waals surface area contributed by atoms with E-state index in [0.29, 0.717) is 11.3 Å². The minimum Gasteiger partial charge on any atom is -0.480 e. The van der Waals surface area contributed by atoms with E-state index >= 15 is 0 Å². The highest BCUT2D eigenvalue weighted by Crippen LogP contribution is 2.11. The maximum atomic E-state index is 12.7. The van der Waals surface area contributed by atoms with Crippen LogP contribution in [-0.2, 0) is 35.3 Å². The van der Waals surface area contributed by atoms with Crippen molar-refractivity contribution in [2.75, 3.05) is 65.4 Å². The summed E-state index contributed by atoms with van der Waals surface area (Å²) in [7, 11) is 0. The smallest absolute Gasteiger partial charge is 0.317 e. The second kappa shape index (κ2) is 18.1. The maximum absolute atomic E-state index is 12.7. The Morgan fingerprint density at radius 2 is 1.07 bits per heavy atom. The van der Waals surface area contributed by atoms with Crippen molar-refractivity contribution >= 4 is 35.7 Å². The fourth-order valence-electron chi connectivity index (χ4n) is 3.32. The molecule has 0 spiro atoms. The molecule has 0 aromatic heterocycles. The first-order valence-electron chi connectivity index (χ1n) is 11.9. The molecule has 2 amide bonds. The number of carbonyl (C=O) groups is 6. The van der Waals surface area contributed by atoms with Crippen molar-refractivity contribution in [2.45, 2.75) is 6.54 Å². The van der Waals surface area contributed by atoms with Crippen LogP contribution in [0.5, 0.6) is 5.75 Å². The second-order valence-electron chi connectivity index (χ2n) is 8.52. The van der Waals surface area contributed by atoms with Gasteiger partial charge >= 0.3 is 23.9 Å². The van der Waals surface area contributed by atoms with Crippen LogP contribution in [0.15, 0.2) is 24.3 Å². The number of amides is 2. The molecule has 0 aliphatic carbocycles. The number of carboxylic acid groups (broad SMARTS) is 4. The number of hydroxylamine groups is 1. The standard InChI is InChI=1S/C23H34N6O11/c24-9-18(30)26-40-17-3-1-16(2-4-17)10-25-19(31)11-27(5-7-28(12-20(32)33)13-21(34)35)6-8-29(14-22(36)37)15-23(38)39/h1-4H,5-15,24H2,(H,25,31)(H,26,30)(H,32,33)(H,34,35)(H,36,37)(H,38,39). The number of carbonyl (C=O) groups excluding carboxylic acids is 2. The van der Waals surface area contributed by atoms with Crippen LogP contribution in [-0.4, -0.2) is 136 Å². The number of nitrogens with two attached hydrogens (primary N) is 1. The lowest BCUT2D eigenvalue weighted by molar-refractivity contribution is -0.143. The van der Waals surface area contributed by atoms with Crippen LogP contribution in [0.4, 0.5) is 0 Å². The molecule has 1 rings (SSSR count). The van der Waals surface area contributed by atoms with Crippen LogP contribution in [0.3, 0.4) is 0 Å². The van der Waals surface area contributed by atoms with E-state index in [0.717, 1.165) is 9.80 Å². The van der Waals surface area contributed by atoms with Crippen molar-refractivity contribution in [1.82, 2.24) is 25.5 Å². The molecule has 0 unspecified atom stereocenters. The molecule has 0 atom stereocenters. The summed E-state index contributed by atoms with van der Waals surface area (Å²) >= 11 is 0. The molecule has 0 saturated carbocycles. The largest absolute Gasteiger partial charge is 0.480 e. The molecule has 1 aromatic rings. The van der Waals surface area contributed by atoms with Gasteiger partial charge in [-0.3, -0.25) is 43.5 Å². The van der Waals surface area contributed by atoms with Crippen LogP contribution >= 0.6 is 0 Å². The van der Waals surface area contributed by atoms with Crippen molar-refractivity contribution in [3.8, 4) is 5.75 Å². The van der Waals surface area contributed by atoms with E-state index in [1.807, 2.05) is 0 Å². The van der Waals surface area contributed by atoms with Gasteiger partial charge in [-0.05, 0) is 17.7 Å². The lowest BCUT2D eigenvalue weighted by Crippen LogP contribution is -2.47. The molecule has 0 bridgehead atoms. The third-order valence-electron chi connectivity index (χ3n) is 5.15. The van der Waals surface area contributed by atoms with Crippen LogP contribution in [0.25, 0.3) is 0 Å². The first-order valence-corrected chi connectivity index (χ1v) is 11.9. The van der Waals surface area contributed by atoms with Gasteiger partial charge in [0.25, 0.3) is 5.91 Å². The Morgan fingerprint density at radius 3 is 1.48 bits per heavy atom. The van der Waals surface area contributed by atoms with E-state index in [-0.39, 0.29) is 45.8 Å². The Labute approximate surface area is 229 Å². The number of hydrogen-bond donors (Lipinski definition) is 7. The number of carboxylic acids is 4. The summed E-state index contributed by atoms with van der Waals surface area (Å²) in [5.41, 5.74) is 8.01. The van der Waals surface area contributed by atoms with Gasteiger partial charge in [0.2, 0.25) is 5.91 Å².